The van der Waals surface area contributed by atoms with Crippen LogP contribution in [0.15, 0.2) is 24.3 Å². The van der Waals surface area contributed by atoms with Gasteiger partial charge in [0.15, 0.2) is 12.7 Å². The van der Waals surface area contributed by atoms with Crippen molar-refractivity contribution in [2.24, 2.45) is 5.92 Å². The predicted molar refractivity (Wildman–Crippen MR) is 85.4 cm³/mol. The van der Waals surface area contributed by atoms with Crippen molar-refractivity contribution in [3.8, 4) is 5.75 Å². The molecule has 7 nitrogen and oxygen atoms in total. The molecule has 2 N–H and O–H groups in total. The Morgan fingerprint density at radius 2 is 2.12 bits per heavy atom. The molecule has 0 bridgehead atoms. The van der Waals surface area contributed by atoms with E-state index in [-0.39, 0.29) is 25.0 Å². The van der Waals surface area contributed by atoms with Gasteiger partial charge in [0.1, 0.15) is 5.75 Å². The molecule has 0 unspecified atom stereocenters. The first-order chi connectivity index (χ1) is 11.5. The Balaban J connectivity index is 1.45. The third-order valence-electron chi connectivity index (χ3n) is 4.14. The molecule has 2 amide bonds. The zero-order chi connectivity index (χ0) is 17.1. The molecule has 0 aromatic heterocycles. The molecule has 2 atom stereocenters. The van der Waals surface area contributed by atoms with Gasteiger partial charge in [0.2, 0.25) is 0 Å². The van der Waals surface area contributed by atoms with Crippen molar-refractivity contribution in [2.45, 2.75) is 38.3 Å². The fourth-order valence-corrected chi connectivity index (χ4v) is 2.59. The van der Waals surface area contributed by atoms with E-state index in [9.17, 15) is 14.4 Å². The molecule has 1 aromatic rings. The van der Waals surface area contributed by atoms with Crippen molar-refractivity contribution >= 4 is 23.5 Å². The molecule has 1 saturated carbocycles. The van der Waals surface area contributed by atoms with Crippen LogP contribution in [-0.2, 0) is 19.1 Å². The second-order valence-corrected chi connectivity index (χ2v) is 6.15. The quantitative estimate of drug-likeness (QED) is 0.764. The number of carbonyl (C=O) groups excluding carboxylic acids is 3. The molecule has 1 fully saturated rings. The highest BCUT2D eigenvalue weighted by Crippen LogP contribution is 2.32. The van der Waals surface area contributed by atoms with Gasteiger partial charge in [-0.25, -0.2) is 0 Å². The van der Waals surface area contributed by atoms with Crippen molar-refractivity contribution < 1.29 is 23.9 Å². The zero-order valence-electron chi connectivity index (χ0n) is 13.4. The number of esters is 1. The number of rotatable bonds is 6. The van der Waals surface area contributed by atoms with E-state index in [1.54, 1.807) is 24.3 Å². The van der Waals surface area contributed by atoms with E-state index in [1.807, 2.05) is 6.92 Å². The highest BCUT2D eigenvalue weighted by molar-refractivity contribution is 5.99. The molecule has 1 aliphatic carbocycles. The summed E-state index contributed by atoms with van der Waals surface area (Å²) >= 11 is 0. The first kappa shape index (κ1) is 16.3. The Kier molecular flexibility index (Phi) is 4.69. The summed E-state index contributed by atoms with van der Waals surface area (Å²) in [5.41, 5.74) is 0.570. The van der Waals surface area contributed by atoms with Crippen LogP contribution in [0.1, 0.15) is 26.2 Å². The number of fused-ring (bicyclic) bond motifs is 1. The van der Waals surface area contributed by atoms with Crippen LogP contribution in [-0.4, -0.2) is 36.5 Å². The Morgan fingerprint density at radius 3 is 2.88 bits per heavy atom. The summed E-state index contributed by atoms with van der Waals surface area (Å²) in [6, 6.07) is 7.07. The van der Waals surface area contributed by atoms with E-state index in [0.717, 1.165) is 12.8 Å². The smallest absolute Gasteiger partial charge is 0.310 e. The molecule has 1 heterocycles. The number of anilines is 1. The van der Waals surface area contributed by atoms with E-state index >= 15 is 0 Å². The Hall–Kier alpha value is -2.57. The Labute approximate surface area is 139 Å². The molecule has 3 rings (SSSR count). The van der Waals surface area contributed by atoms with E-state index < -0.39 is 18.0 Å². The van der Waals surface area contributed by atoms with Gasteiger partial charge in [-0.15, -0.1) is 0 Å². The topological polar surface area (TPSA) is 93.7 Å². The molecule has 2 aliphatic rings. The van der Waals surface area contributed by atoms with E-state index in [4.69, 9.17) is 9.47 Å². The first-order valence-electron chi connectivity index (χ1n) is 8.04. The van der Waals surface area contributed by atoms with E-state index in [0.29, 0.717) is 17.4 Å². The van der Waals surface area contributed by atoms with Gasteiger partial charge in [-0.05, 0) is 37.8 Å². The summed E-state index contributed by atoms with van der Waals surface area (Å²) in [4.78, 5) is 35.5. The van der Waals surface area contributed by atoms with Gasteiger partial charge < -0.3 is 20.1 Å². The van der Waals surface area contributed by atoms with Crippen molar-refractivity contribution in [3.63, 3.8) is 0 Å². The maximum Gasteiger partial charge on any atom is 0.310 e. The minimum absolute atomic E-state index is 0.0974. The molecule has 24 heavy (non-hydrogen) atoms. The fourth-order valence-electron chi connectivity index (χ4n) is 2.59. The molecule has 1 aliphatic heterocycles. The molecular formula is C17H20N2O5. The lowest BCUT2D eigenvalue weighted by molar-refractivity contribution is -0.151. The first-order valence-corrected chi connectivity index (χ1v) is 8.04. The average molecular weight is 332 g/mol. The standard InChI is InChI=1S/C17H20N2O5/c1-10(11-6-7-11)18-15(20)9-23-16(21)8-14-17(22)19-12-4-2-3-5-13(12)24-14/h2-5,10-11,14H,6-9H2,1H3,(H,18,20)(H,19,22)/t10-,14+/m1/s1. The number of amides is 2. The van der Waals surface area contributed by atoms with Crippen LogP contribution in [0, 0.1) is 5.92 Å². The zero-order valence-corrected chi connectivity index (χ0v) is 13.4. The van der Waals surface area contributed by atoms with Gasteiger partial charge >= 0.3 is 5.97 Å². The molecule has 128 valence electrons. The van der Waals surface area contributed by atoms with Crippen LogP contribution in [0.5, 0.6) is 5.75 Å². The number of nitrogens with one attached hydrogen (secondary N) is 2. The monoisotopic (exact) mass is 332 g/mol. The van der Waals surface area contributed by atoms with Crippen LogP contribution >= 0.6 is 0 Å². The second-order valence-electron chi connectivity index (χ2n) is 6.15. The third-order valence-corrected chi connectivity index (χ3v) is 4.14. The molecule has 7 heteroatoms. The van der Waals surface area contributed by atoms with Gasteiger partial charge in [-0.3, -0.25) is 14.4 Å². The van der Waals surface area contributed by atoms with Crippen LogP contribution in [0.4, 0.5) is 5.69 Å². The summed E-state index contributed by atoms with van der Waals surface area (Å²) in [5.74, 6) is -0.349. The Bertz CT molecular complexity index is 656. The van der Waals surface area contributed by atoms with E-state index in [2.05, 4.69) is 10.6 Å². The van der Waals surface area contributed by atoms with Gasteiger partial charge in [0, 0.05) is 6.04 Å². The summed E-state index contributed by atoms with van der Waals surface area (Å²) in [6.45, 7) is 1.59. The van der Waals surface area contributed by atoms with Crippen LogP contribution in [0.25, 0.3) is 0 Å². The fraction of sp³-hybridized carbons (Fsp3) is 0.471. The minimum Gasteiger partial charge on any atom is -0.478 e. The normalized spacial score (nSPS) is 20.2. The van der Waals surface area contributed by atoms with E-state index in [1.165, 1.54) is 0 Å². The summed E-state index contributed by atoms with van der Waals surface area (Å²) < 4.78 is 10.4. The maximum atomic E-state index is 11.9. The highest BCUT2D eigenvalue weighted by atomic mass is 16.5. The van der Waals surface area contributed by atoms with Gasteiger partial charge in [0.25, 0.3) is 11.8 Å². The second kappa shape index (κ2) is 6.90. The van der Waals surface area contributed by atoms with Gasteiger partial charge in [-0.1, -0.05) is 12.1 Å². The van der Waals surface area contributed by atoms with Crippen LogP contribution < -0.4 is 15.4 Å². The SMILES string of the molecule is C[C@@H](NC(=O)COC(=O)C[C@@H]1Oc2ccccc2NC1=O)C1CC1. The van der Waals surface area contributed by atoms with Crippen molar-refractivity contribution in [1.29, 1.82) is 0 Å². The number of para-hydroxylation sites is 2. The molecule has 0 spiro atoms. The molecule has 0 radical (unpaired) electrons. The average Bonchev–Trinajstić information content (AvgIpc) is 3.38. The molecule has 0 saturated heterocycles. The summed E-state index contributed by atoms with van der Waals surface area (Å²) in [6.07, 6.45) is 1.04. The van der Waals surface area contributed by atoms with Gasteiger partial charge in [-0.2, -0.15) is 0 Å². The van der Waals surface area contributed by atoms with Gasteiger partial charge in [0.05, 0.1) is 12.1 Å². The van der Waals surface area contributed by atoms with Crippen LogP contribution in [0.2, 0.25) is 0 Å². The highest BCUT2D eigenvalue weighted by Gasteiger charge is 2.31. The lowest BCUT2D eigenvalue weighted by Gasteiger charge is -2.25. The summed E-state index contributed by atoms with van der Waals surface area (Å²) in [5, 5.41) is 5.47. The van der Waals surface area contributed by atoms with Crippen molar-refractivity contribution in [2.75, 3.05) is 11.9 Å². The van der Waals surface area contributed by atoms with Crippen molar-refractivity contribution in [3.05, 3.63) is 24.3 Å². The Morgan fingerprint density at radius 1 is 1.38 bits per heavy atom. The molecular weight excluding hydrogens is 312 g/mol. The number of hydrogen-bond acceptors (Lipinski definition) is 5. The number of carbonyl (C=O) groups is 3. The minimum atomic E-state index is -0.958. The molecule has 1 aromatic carbocycles. The predicted octanol–water partition coefficient (Wildman–Crippen LogP) is 1.23. The van der Waals surface area contributed by atoms with Crippen LogP contribution in [0.3, 0.4) is 0 Å². The van der Waals surface area contributed by atoms with Crippen molar-refractivity contribution in [1.82, 2.24) is 5.32 Å². The summed E-state index contributed by atoms with van der Waals surface area (Å²) in [7, 11) is 0. The third kappa shape index (κ3) is 4.04. The number of hydrogen-bond donors (Lipinski definition) is 2. The lowest BCUT2D eigenvalue weighted by Crippen LogP contribution is -2.40. The largest absolute Gasteiger partial charge is 0.478 e. The number of benzene rings is 1. The lowest BCUT2D eigenvalue weighted by atomic mass is 10.1. The maximum absolute atomic E-state index is 11.9. The number of ether oxygens (including phenoxy) is 2.